The van der Waals surface area contributed by atoms with Crippen molar-refractivity contribution in [3.63, 3.8) is 0 Å². The molecular formula is C19H42O9P2. The van der Waals surface area contributed by atoms with E-state index in [4.69, 9.17) is 13.8 Å². The Morgan fingerprint density at radius 3 is 1.53 bits per heavy atom. The number of phosphoric ester groups is 2. The van der Waals surface area contributed by atoms with Gasteiger partial charge in [-0.3, -0.25) is 9.05 Å². The zero-order valence-electron chi connectivity index (χ0n) is 19.4. The van der Waals surface area contributed by atoms with Crippen molar-refractivity contribution < 1.29 is 42.5 Å². The molecule has 11 heteroatoms. The van der Waals surface area contributed by atoms with Gasteiger partial charge in [-0.2, -0.15) is 0 Å². The maximum Gasteiger partial charge on any atom is 0.470 e. The third kappa shape index (κ3) is 10.2. The Morgan fingerprint density at radius 2 is 1.17 bits per heavy atom. The molecular weight excluding hydrogens is 434 g/mol. The summed E-state index contributed by atoms with van der Waals surface area (Å²) in [5.41, 5.74) is -1.99. The first-order chi connectivity index (χ1) is 13.6. The van der Waals surface area contributed by atoms with Gasteiger partial charge < -0.3 is 24.3 Å². The van der Waals surface area contributed by atoms with Crippen molar-refractivity contribution in [3.05, 3.63) is 0 Å². The average Bonchev–Trinajstić information content (AvgIpc) is 2.56. The SMILES string of the molecule is CCCC(OC(CCC)C(C)(CC)C(CCC)OP(=O)(O)O)C(C)(C)OP(=O)(O)O. The summed E-state index contributed by atoms with van der Waals surface area (Å²) in [6.07, 6.45) is 2.40. The molecule has 0 saturated heterocycles. The molecule has 0 bridgehead atoms. The Hall–Kier alpha value is 0.180. The van der Waals surface area contributed by atoms with Gasteiger partial charge in [0.05, 0.1) is 18.3 Å². The summed E-state index contributed by atoms with van der Waals surface area (Å²) in [6.45, 7) is 12.8. The van der Waals surface area contributed by atoms with Gasteiger partial charge in [0.15, 0.2) is 0 Å². The topological polar surface area (TPSA) is 143 Å². The number of rotatable bonds is 16. The van der Waals surface area contributed by atoms with Gasteiger partial charge in [0.2, 0.25) is 0 Å². The third-order valence-corrected chi connectivity index (χ3v) is 6.85. The molecule has 4 N–H and O–H groups in total. The van der Waals surface area contributed by atoms with Gasteiger partial charge in [0.25, 0.3) is 0 Å². The van der Waals surface area contributed by atoms with Crippen LogP contribution in [-0.4, -0.2) is 43.5 Å². The molecule has 0 aromatic rings. The standard InChI is InChI=1S/C19H42O9P2/c1-8-12-15(18(5,6)28-30(23,24)25)26-16(13-9-2)19(7,11-4)17(14-10-3)27-29(20,21)22/h15-17H,8-14H2,1-7H3,(H2,20,21,22)(H2,23,24,25). The predicted octanol–water partition coefficient (Wildman–Crippen LogP) is 4.92. The van der Waals surface area contributed by atoms with Crippen molar-refractivity contribution in [1.82, 2.24) is 0 Å². The number of phosphoric acid groups is 2. The first-order valence-corrected chi connectivity index (χ1v) is 13.8. The molecule has 0 radical (unpaired) electrons. The van der Waals surface area contributed by atoms with Crippen LogP contribution >= 0.6 is 15.6 Å². The van der Waals surface area contributed by atoms with E-state index in [0.717, 1.165) is 6.42 Å². The van der Waals surface area contributed by atoms with Gasteiger partial charge in [-0.1, -0.05) is 53.9 Å². The van der Waals surface area contributed by atoms with Crippen LogP contribution in [0.4, 0.5) is 0 Å². The van der Waals surface area contributed by atoms with Crippen molar-refractivity contribution in [2.75, 3.05) is 0 Å². The van der Waals surface area contributed by atoms with Crippen molar-refractivity contribution in [2.24, 2.45) is 5.41 Å². The van der Waals surface area contributed by atoms with Crippen LogP contribution in [0.15, 0.2) is 0 Å². The second kappa shape index (κ2) is 12.4. The molecule has 0 aliphatic heterocycles. The summed E-state index contributed by atoms with van der Waals surface area (Å²) >= 11 is 0. The van der Waals surface area contributed by atoms with E-state index in [2.05, 4.69) is 0 Å². The Bertz CT molecular complexity index is 587. The molecule has 4 unspecified atom stereocenters. The molecule has 0 saturated carbocycles. The Morgan fingerprint density at radius 1 is 0.733 bits per heavy atom. The van der Waals surface area contributed by atoms with Crippen LogP contribution in [-0.2, 0) is 22.9 Å². The molecule has 0 amide bonds. The molecule has 0 fully saturated rings. The van der Waals surface area contributed by atoms with Crippen LogP contribution in [0.25, 0.3) is 0 Å². The van der Waals surface area contributed by atoms with Crippen LogP contribution in [0.2, 0.25) is 0 Å². The zero-order chi connectivity index (χ0) is 23.8. The van der Waals surface area contributed by atoms with Crippen LogP contribution in [0.1, 0.15) is 93.4 Å². The predicted molar refractivity (Wildman–Crippen MR) is 116 cm³/mol. The van der Waals surface area contributed by atoms with Crippen LogP contribution in [0.5, 0.6) is 0 Å². The lowest BCUT2D eigenvalue weighted by Crippen LogP contribution is -2.50. The minimum atomic E-state index is -4.74. The second-order valence-electron chi connectivity index (χ2n) is 8.61. The number of hydrogen-bond donors (Lipinski definition) is 4. The van der Waals surface area contributed by atoms with Crippen LogP contribution < -0.4 is 0 Å². The zero-order valence-corrected chi connectivity index (χ0v) is 21.2. The Balaban J connectivity index is 6.05. The molecule has 182 valence electrons. The highest BCUT2D eigenvalue weighted by Gasteiger charge is 2.46. The molecule has 0 aromatic carbocycles. The lowest BCUT2D eigenvalue weighted by molar-refractivity contribution is -0.171. The van der Waals surface area contributed by atoms with E-state index in [9.17, 15) is 28.7 Å². The highest BCUT2D eigenvalue weighted by atomic mass is 31.2. The molecule has 30 heavy (non-hydrogen) atoms. The first kappa shape index (κ1) is 30.2. The fourth-order valence-corrected chi connectivity index (χ4v) is 5.22. The van der Waals surface area contributed by atoms with Gasteiger partial charge in [0.1, 0.15) is 5.60 Å². The van der Waals surface area contributed by atoms with Crippen molar-refractivity contribution in [2.45, 2.75) is 117 Å². The van der Waals surface area contributed by atoms with Gasteiger partial charge in [-0.25, -0.2) is 9.13 Å². The third-order valence-electron chi connectivity index (χ3n) is 5.61. The summed E-state index contributed by atoms with van der Waals surface area (Å²) < 4.78 is 39.8. The maximum atomic E-state index is 11.6. The summed E-state index contributed by atoms with van der Waals surface area (Å²) in [7, 11) is -9.45. The van der Waals surface area contributed by atoms with E-state index in [1.54, 1.807) is 13.8 Å². The largest absolute Gasteiger partial charge is 0.470 e. The van der Waals surface area contributed by atoms with Crippen molar-refractivity contribution in [3.8, 4) is 0 Å². The summed E-state index contributed by atoms with van der Waals surface area (Å²) in [4.78, 5) is 37.6. The maximum absolute atomic E-state index is 11.6. The van der Waals surface area contributed by atoms with E-state index < -0.39 is 45.0 Å². The van der Waals surface area contributed by atoms with Gasteiger partial charge in [-0.15, -0.1) is 0 Å². The molecule has 9 nitrogen and oxygen atoms in total. The quantitative estimate of drug-likeness (QED) is 0.228. The fraction of sp³-hybridized carbons (Fsp3) is 1.00. The van der Waals surface area contributed by atoms with E-state index in [1.165, 1.54) is 0 Å². The van der Waals surface area contributed by atoms with Gasteiger partial charge in [0, 0.05) is 5.41 Å². The molecule has 0 aliphatic rings. The molecule has 4 atom stereocenters. The monoisotopic (exact) mass is 476 g/mol. The summed E-state index contributed by atoms with van der Waals surface area (Å²) in [5.74, 6) is 0. The molecule has 0 rings (SSSR count). The van der Waals surface area contributed by atoms with E-state index >= 15 is 0 Å². The number of hydrogen-bond acceptors (Lipinski definition) is 5. The van der Waals surface area contributed by atoms with Gasteiger partial charge >= 0.3 is 15.6 Å². The van der Waals surface area contributed by atoms with Crippen molar-refractivity contribution in [1.29, 1.82) is 0 Å². The lowest BCUT2D eigenvalue weighted by atomic mass is 9.73. The molecule has 0 aromatic heterocycles. The highest BCUT2D eigenvalue weighted by molar-refractivity contribution is 7.46. The lowest BCUT2D eigenvalue weighted by Gasteiger charge is -2.46. The molecule has 0 heterocycles. The Labute approximate surface area is 181 Å². The second-order valence-corrected chi connectivity index (χ2v) is 11.0. The average molecular weight is 476 g/mol. The first-order valence-electron chi connectivity index (χ1n) is 10.7. The fourth-order valence-electron chi connectivity index (χ4n) is 3.81. The van der Waals surface area contributed by atoms with E-state index in [1.807, 2.05) is 34.6 Å². The Kier molecular flexibility index (Phi) is 12.5. The van der Waals surface area contributed by atoms with E-state index in [-0.39, 0.29) is 0 Å². The minimum Gasteiger partial charge on any atom is -0.371 e. The molecule has 0 aliphatic carbocycles. The molecule has 0 spiro atoms. The van der Waals surface area contributed by atoms with Crippen molar-refractivity contribution >= 4 is 15.6 Å². The van der Waals surface area contributed by atoms with E-state index in [0.29, 0.717) is 38.5 Å². The smallest absolute Gasteiger partial charge is 0.371 e. The van der Waals surface area contributed by atoms with Gasteiger partial charge in [-0.05, 0) is 39.5 Å². The normalized spacial score (nSPS) is 18.6. The minimum absolute atomic E-state index is 0.444. The van der Waals surface area contributed by atoms with Crippen LogP contribution in [0, 0.1) is 5.41 Å². The number of ether oxygens (including phenoxy) is 1. The van der Waals surface area contributed by atoms with Crippen LogP contribution in [0.3, 0.4) is 0 Å². The highest BCUT2D eigenvalue weighted by Crippen LogP contribution is 2.49. The summed E-state index contributed by atoms with van der Waals surface area (Å²) in [6, 6.07) is 0. The summed E-state index contributed by atoms with van der Waals surface area (Å²) in [5, 5.41) is 0.